The molecule has 1 aromatic carbocycles. The van der Waals surface area contributed by atoms with E-state index < -0.39 is 0 Å². The highest BCUT2D eigenvalue weighted by Crippen LogP contribution is 2.21. The monoisotopic (exact) mass is 306 g/mol. The maximum Gasteiger partial charge on any atom is 0.229 e. The fourth-order valence-electron chi connectivity index (χ4n) is 2.06. The molecule has 5 nitrogen and oxygen atoms in total. The van der Waals surface area contributed by atoms with Gasteiger partial charge in [0.15, 0.2) is 0 Å². The number of carbonyl (C=O) groups is 1. The molecular formula is C15H19ClN4O. The van der Waals surface area contributed by atoms with Crippen molar-refractivity contribution in [1.82, 2.24) is 14.8 Å². The zero-order chi connectivity index (χ0) is 15.6. The predicted octanol–water partition coefficient (Wildman–Crippen LogP) is 3.13. The van der Waals surface area contributed by atoms with Crippen molar-refractivity contribution < 1.29 is 4.79 Å². The van der Waals surface area contributed by atoms with Gasteiger partial charge >= 0.3 is 0 Å². The van der Waals surface area contributed by atoms with Crippen molar-refractivity contribution in [3.05, 3.63) is 40.4 Å². The Hall–Kier alpha value is -1.88. The van der Waals surface area contributed by atoms with E-state index in [1.54, 1.807) is 16.8 Å². The number of rotatable bonds is 4. The normalized spacial score (nSPS) is 12.2. The molecule has 2 aromatic rings. The van der Waals surface area contributed by atoms with Gasteiger partial charge in [0.25, 0.3) is 0 Å². The fraction of sp³-hybridized carbons (Fsp3) is 0.400. The van der Waals surface area contributed by atoms with Gasteiger partial charge in [-0.2, -0.15) is 5.10 Å². The number of aryl methyl sites for hydroxylation is 3. The van der Waals surface area contributed by atoms with Gasteiger partial charge < -0.3 is 5.32 Å². The van der Waals surface area contributed by atoms with Crippen molar-refractivity contribution >= 4 is 23.2 Å². The van der Waals surface area contributed by atoms with Gasteiger partial charge in [0, 0.05) is 10.7 Å². The smallest absolute Gasteiger partial charge is 0.229 e. The number of amides is 1. The Morgan fingerprint density at radius 3 is 2.71 bits per heavy atom. The van der Waals surface area contributed by atoms with E-state index >= 15 is 0 Å². The van der Waals surface area contributed by atoms with Gasteiger partial charge in [-0.05, 0) is 38.5 Å². The van der Waals surface area contributed by atoms with Crippen LogP contribution in [-0.2, 0) is 11.3 Å². The van der Waals surface area contributed by atoms with Crippen LogP contribution in [0.1, 0.15) is 24.1 Å². The lowest BCUT2D eigenvalue weighted by Gasteiger charge is -2.14. The number of nitrogens with one attached hydrogen (secondary N) is 1. The van der Waals surface area contributed by atoms with Crippen molar-refractivity contribution in [1.29, 1.82) is 0 Å². The number of aromatic nitrogens is 3. The van der Waals surface area contributed by atoms with Crippen molar-refractivity contribution in [2.24, 2.45) is 5.92 Å². The molecule has 2 rings (SSSR count). The average Bonchev–Trinajstić information content (AvgIpc) is 2.72. The predicted molar refractivity (Wildman–Crippen MR) is 83.5 cm³/mol. The summed E-state index contributed by atoms with van der Waals surface area (Å²) in [4.78, 5) is 16.5. The van der Waals surface area contributed by atoms with Crippen molar-refractivity contribution in [3.8, 4) is 0 Å². The first-order chi connectivity index (χ1) is 9.86. The highest BCUT2D eigenvalue weighted by Gasteiger charge is 2.16. The van der Waals surface area contributed by atoms with Crippen molar-refractivity contribution in [2.75, 3.05) is 5.32 Å². The van der Waals surface area contributed by atoms with E-state index in [9.17, 15) is 4.79 Å². The van der Waals surface area contributed by atoms with E-state index in [4.69, 9.17) is 11.6 Å². The summed E-state index contributed by atoms with van der Waals surface area (Å²) in [6.45, 7) is 8.01. The largest absolute Gasteiger partial charge is 0.326 e. The first-order valence-corrected chi connectivity index (χ1v) is 7.19. The highest BCUT2D eigenvalue weighted by atomic mass is 35.5. The maximum absolute atomic E-state index is 12.3. The molecule has 6 heteroatoms. The molecule has 0 bridgehead atoms. The van der Waals surface area contributed by atoms with Crippen LogP contribution in [0.2, 0.25) is 5.02 Å². The van der Waals surface area contributed by atoms with E-state index in [0.29, 0.717) is 17.4 Å². The van der Waals surface area contributed by atoms with Crippen LogP contribution < -0.4 is 5.32 Å². The third-order valence-electron chi connectivity index (χ3n) is 3.31. The average molecular weight is 307 g/mol. The molecule has 0 saturated heterocycles. The molecule has 1 aromatic heterocycles. The van der Waals surface area contributed by atoms with Crippen LogP contribution in [0.3, 0.4) is 0 Å². The number of carbonyl (C=O) groups excluding carboxylic acids is 1. The third-order valence-corrected chi connectivity index (χ3v) is 3.55. The minimum absolute atomic E-state index is 0.0621. The second kappa shape index (κ2) is 6.26. The number of halogens is 1. The quantitative estimate of drug-likeness (QED) is 0.944. The van der Waals surface area contributed by atoms with Crippen molar-refractivity contribution in [3.63, 3.8) is 0 Å². The van der Waals surface area contributed by atoms with Gasteiger partial charge in [-0.25, -0.2) is 9.67 Å². The Morgan fingerprint density at radius 2 is 2.10 bits per heavy atom. The molecule has 21 heavy (non-hydrogen) atoms. The summed E-state index contributed by atoms with van der Waals surface area (Å²) >= 11 is 5.96. The fourth-order valence-corrected chi connectivity index (χ4v) is 2.23. The van der Waals surface area contributed by atoms with E-state index in [-0.39, 0.29) is 11.8 Å². The number of hydrogen-bond acceptors (Lipinski definition) is 3. The molecule has 0 radical (unpaired) electrons. The summed E-state index contributed by atoms with van der Waals surface area (Å²) in [7, 11) is 0. The Morgan fingerprint density at radius 1 is 1.38 bits per heavy atom. The lowest BCUT2D eigenvalue weighted by atomic mass is 10.1. The second-order valence-electron chi connectivity index (χ2n) is 5.24. The zero-order valence-corrected chi connectivity index (χ0v) is 13.4. The molecule has 112 valence electrons. The maximum atomic E-state index is 12.3. The summed E-state index contributed by atoms with van der Waals surface area (Å²) in [5.74, 6) is 1.24. The number of hydrogen-bond donors (Lipinski definition) is 1. The lowest BCUT2D eigenvalue weighted by Crippen LogP contribution is -2.25. The second-order valence-corrected chi connectivity index (χ2v) is 5.67. The summed E-state index contributed by atoms with van der Waals surface area (Å²) in [6, 6.07) is 5.44. The van der Waals surface area contributed by atoms with Crippen LogP contribution in [0.25, 0.3) is 0 Å². The topological polar surface area (TPSA) is 59.8 Å². The van der Waals surface area contributed by atoms with Gasteiger partial charge in [0.1, 0.15) is 11.6 Å². The molecule has 1 amide bonds. The van der Waals surface area contributed by atoms with Crippen LogP contribution >= 0.6 is 11.6 Å². The zero-order valence-electron chi connectivity index (χ0n) is 12.6. The van der Waals surface area contributed by atoms with Gasteiger partial charge in [0.2, 0.25) is 5.91 Å². The molecule has 0 spiro atoms. The standard InChI is InChI=1S/C15H19ClN4O/c1-9-5-6-13(16)7-14(9)18-15(21)10(2)8-20-12(4)17-11(3)19-20/h5-7,10H,8H2,1-4H3,(H,18,21)/t10-/m1/s1. The molecule has 0 fully saturated rings. The van der Waals surface area contributed by atoms with Gasteiger partial charge in [-0.3, -0.25) is 4.79 Å². The van der Waals surface area contributed by atoms with Crippen LogP contribution in [-0.4, -0.2) is 20.7 Å². The Balaban J connectivity index is 2.06. The lowest BCUT2D eigenvalue weighted by molar-refractivity contribution is -0.119. The molecule has 0 aliphatic heterocycles. The van der Waals surface area contributed by atoms with Crippen LogP contribution in [0.4, 0.5) is 5.69 Å². The molecule has 0 saturated carbocycles. The van der Waals surface area contributed by atoms with E-state index in [1.165, 1.54) is 0 Å². The third kappa shape index (κ3) is 3.82. The van der Waals surface area contributed by atoms with Crippen LogP contribution in [0, 0.1) is 26.7 Å². The van der Waals surface area contributed by atoms with Gasteiger partial charge in [-0.1, -0.05) is 24.6 Å². The molecular weight excluding hydrogens is 288 g/mol. The van der Waals surface area contributed by atoms with Gasteiger partial charge in [0.05, 0.1) is 12.5 Å². The summed E-state index contributed by atoms with van der Waals surface area (Å²) in [5, 5.41) is 7.79. The van der Waals surface area contributed by atoms with E-state index in [2.05, 4.69) is 15.4 Å². The van der Waals surface area contributed by atoms with Crippen LogP contribution in [0.15, 0.2) is 18.2 Å². The minimum atomic E-state index is -0.219. The van der Waals surface area contributed by atoms with Crippen LogP contribution in [0.5, 0.6) is 0 Å². The Kier molecular flexibility index (Phi) is 4.63. The van der Waals surface area contributed by atoms with E-state index in [1.807, 2.05) is 33.8 Å². The molecule has 1 atom stereocenters. The molecule has 1 N–H and O–H groups in total. The van der Waals surface area contributed by atoms with Gasteiger partial charge in [-0.15, -0.1) is 0 Å². The number of benzene rings is 1. The number of nitrogens with zero attached hydrogens (tertiary/aromatic N) is 3. The highest BCUT2D eigenvalue weighted by molar-refractivity contribution is 6.31. The number of anilines is 1. The first kappa shape index (κ1) is 15.5. The summed E-state index contributed by atoms with van der Waals surface area (Å²) < 4.78 is 1.75. The first-order valence-electron chi connectivity index (χ1n) is 6.82. The minimum Gasteiger partial charge on any atom is -0.326 e. The SMILES string of the molecule is Cc1nc(C)n(C[C@@H](C)C(=O)Nc2cc(Cl)ccc2C)n1. The Labute approximate surface area is 129 Å². The summed E-state index contributed by atoms with van der Waals surface area (Å²) in [6.07, 6.45) is 0. The summed E-state index contributed by atoms with van der Waals surface area (Å²) in [5.41, 5.74) is 1.72. The molecule has 0 aliphatic rings. The van der Waals surface area contributed by atoms with E-state index in [0.717, 1.165) is 17.1 Å². The Bertz CT molecular complexity index is 666. The van der Waals surface area contributed by atoms with Crippen molar-refractivity contribution in [2.45, 2.75) is 34.2 Å². The molecule has 0 unspecified atom stereocenters. The molecule has 1 heterocycles. The molecule has 0 aliphatic carbocycles.